The van der Waals surface area contributed by atoms with Crippen molar-refractivity contribution in [1.82, 2.24) is 4.90 Å². The zero-order chi connectivity index (χ0) is 10.8. The third kappa shape index (κ3) is 7.34. The van der Waals surface area contributed by atoms with E-state index in [1.54, 1.807) is 0 Å². The third-order valence-corrected chi connectivity index (χ3v) is 2.75. The Bertz CT molecular complexity index is 115. The van der Waals surface area contributed by atoms with Crippen LogP contribution in [0, 0.1) is 5.92 Å². The molecule has 0 bridgehead atoms. The van der Waals surface area contributed by atoms with Gasteiger partial charge in [-0.3, -0.25) is 0 Å². The Labute approximate surface area is 89.9 Å². The molecule has 86 valence electrons. The lowest BCUT2D eigenvalue weighted by Gasteiger charge is -2.23. The fourth-order valence-corrected chi connectivity index (χ4v) is 1.66. The fraction of sp³-hybridized carbons (Fsp3) is 1.00. The second-order valence-corrected chi connectivity index (χ2v) is 4.29. The highest BCUT2D eigenvalue weighted by atomic mass is 15.1. The van der Waals surface area contributed by atoms with Gasteiger partial charge in [-0.1, -0.05) is 40.0 Å². The molecule has 2 N–H and O–H groups in total. The molecule has 1 atom stereocenters. The molecule has 1 unspecified atom stereocenters. The summed E-state index contributed by atoms with van der Waals surface area (Å²) < 4.78 is 0. The predicted octanol–water partition coefficient (Wildman–Crippen LogP) is 2.48. The summed E-state index contributed by atoms with van der Waals surface area (Å²) in [5.74, 6) is 0.640. The molecule has 0 saturated heterocycles. The molecule has 0 saturated carbocycles. The Hall–Kier alpha value is -0.0800. The van der Waals surface area contributed by atoms with E-state index in [0.29, 0.717) is 5.92 Å². The molecule has 0 amide bonds. The van der Waals surface area contributed by atoms with Crippen LogP contribution in [0.4, 0.5) is 0 Å². The fourth-order valence-electron chi connectivity index (χ4n) is 1.66. The molecule has 0 aliphatic heterocycles. The number of hydrogen-bond donors (Lipinski definition) is 1. The van der Waals surface area contributed by atoms with Crippen molar-refractivity contribution in [3.63, 3.8) is 0 Å². The Kier molecular flexibility index (Phi) is 9.42. The van der Waals surface area contributed by atoms with E-state index >= 15 is 0 Å². The zero-order valence-electron chi connectivity index (χ0n) is 10.3. The van der Waals surface area contributed by atoms with Crippen molar-refractivity contribution in [3.8, 4) is 0 Å². The lowest BCUT2D eigenvalue weighted by atomic mass is 10.1. The molecule has 0 fully saturated rings. The van der Waals surface area contributed by atoms with Crippen molar-refractivity contribution in [2.45, 2.75) is 46.5 Å². The van der Waals surface area contributed by atoms with Gasteiger partial charge in [0.1, 0.15) is 0 Å². The summed E-state index contributed by atoms with van der Waals surface area (Å²) in [6.45, 7) is 11.1. The van der Waals surface area contributed by atoms with Crippen LogP contribution in [-0.2, 0) is 0 Å². The maximum Gasteiger partial charge on any atom is 0.00189 e. The normalized spacial score (nSPS) is 13.5. The first-order chi connectivity index (χ1) is 6.74. The van der Waals surface area contributed by atoms with Crippen molar-refractivity contribution < 1.29 is 0 Å². The average Bonchev–Trinajstić information content (AvgIpc) is 2.22. The number of unbranched alkanes of at least 4 members (excludes halogenated alkanes) is 3. The van der Waals surface area contributed by atoms with Crippen LogP contribution in [0.3, 0.4) is 0 Å². The number of nitrogens with zero attached hydrogens (tertiary/aromatic N) is 1. The molecule has 0 radical (unpaired) electrons. The van der Waals surface area contributed by atoms with Gasteiger partial charge in [-0.15, -0.1) is 0 Å². The smallest absolute Gasteiger partial charge is 0.00189 e. The minimum absolute atomic E-state index is 0.640. The van der Waals surface area contributed by atoms with Crippen LogP contribution >= 0.6 is 0 Å². The summed E-state index contributed by atoms with van der Waals surface area (Å²) in [5, 5.41) is 0. The molecule has 0 rings (SSSR count). The average molecular weight is 200 g/mol. The molecule has 0 aliphatic rings. The highest BCUT2D eigenvalue weighted by Crippen LogP contribution is 2.03. The Balaban J connectivity index is 3.47. The standard InChI is InChI=1S/C12H28N2/c1-4-6-7-8-9-14(5-2)11-12(3)10-13/h12H,4-11,13H2,1-3H3. The summed E-state index contributed by atoms with van der Waals surface area (Å²) in [6, 6.07) is 0. The monoisotopic (exact) mass is 200 g/mol. The van der Waals surface area contributed by atoms with Gasteiger partial charge in [-0.05, 0) is 32.0 Å². The van der Waals surface area contributed by atoms with E-state index in [-0.39, 0.29) is 0 Å². The molecule has 0 aromatic rings. The van der Waals surface area contributed by atoms with E-state index in [1.807, 2.05) is 0 Å². The van der Waals surface area contributed by atoms with E-state index in [1.165, 1.54) is 38.8 Å². The molecular weight excluding hydrogens is 172 g/mol. The first-order valence-electron chi connectivity index (χ1n) is 6.16. The van der Waals surface area contributed by atoms with Crippen LogP contribution in [-0.4, -0.2) is 31.1 Å². The molecular formula is C12H28N2. The Morgan fingerprint density at radius 1 is 1.14 bits per heavy atom. The van der Waals surface area contributed by atoms with Gasteiger partial charge < -0.3 is 10.6 Å². The van der Waals surface area contributed by atoms with E-state index in [0.717, 1.165) is 13.1 Å². The van der Waals surface area contributed by atoms with Crippen molar-refractivity contribution in [3.05, 3.63) is 0 Å². The molecule has 0 spiro atoms. The summed E-state index contributed by atoms with van der Waals surface area (Å²) in [5.41, 5.74) is 5.62. The van der Waals surface area contributed by atoms with E-state index in [4.69, 9.17) is 5.73 Å². The third-order valence-electron chi connectivity index (χ3n) is 2.75. The van der Waals surface area contributed by atoms with Crippen LogP contribution in [0.5, 0.6) is 0 Å². The maximum atomic E-state index is 5.62. The Morgan fingerprint density at radius 2 is 1.86 bits per heavy atom. The van der Waals surface area contributed by atoms with Crippen LogP contribution in [0.15, 0.2) is 0 Å². The van der Waals surface area contributed by atoms with Gasteiger partial charge in [0.05, 0.1) is 0 Å². The zero-order valence-corrected chi connectivity index (χ0v) is 10.3. The van der Waals surface area contributed by atoms with Gasteiger partial charge in [-0.25, -0.2) is 0 Å². The van der Waals surface area contributed by atoms with Gasteiger partial charge >= 0.3 is 0 Å². The summed E-state index contributed by atoms with van der Waals surface area (Å²) in [6.07, 6.45) is 5.43. The number of hydrogen-bond acceptors (Lipinski definition) is 2. The molecule has 2 nitrogen and oxygen atoms in total. The van der Waals surface area contributed by atoms with Gasteiger partial charge in [-0.2, -0.15) is 0 Å². The first-order valence-corrected chi connectivity index (χ1v) is 6.16. The van der Waals surface area contributed by atoms with Crippen LogP contribution in [0.1, 0.15) is 46.5 Å². The number of nitrogens with two attached hydrogens (primary N) is 1. The van der Waals surface area contributed by atoms with E-state index < -0.39 is 0 Å². The summed E-state index contributed by atoms with van der Waals surface area (Å²) in [7, 11) is 0. The largest absolute Gasteiger partial charge is 0.330 e. The molecule has 0 aromatic heterocycles. The van der Waals surface area contributed by atoms with Crippen molar-refractivity contribution in [2.24, 2.45) is 11.7 Å². The van der Waals surface area contributed by atoms with E-state index in [2.05, 4.69) is 25.7 Å². The lowest BCUT2D eigenvalue weighted by molar-refractivity contribution is 0.246. The summed E-state index contributed by atoms with van der Waals surface area (Å²) >= 11 is 0. The molecule has 2 heteroatoms. The van der Waals surface area contributed by atoms with Crippen LogP contribution in [0.25, 0.3) is 0 Å². The second kappa shape index (κ2) is 9.47. The molecule has 0 heterocycles. The maximum absolute atomic E-state index is 5.62. The minimum atomic E-state index is 0.640. The van der Waals surface area contributed by atoms with Crippen molar-refractivity contribution in [2.75, 3.05) is 26.2 Å². The van der Waals surface area contributed by atoms with Gasteiger partial charge in [0.25, 0.3) is 0 Å². The SMILES string of the molecule is CCCCCCN(CC)CC(C)CN. The highest BCUT2D eigenvalue weighted by Gasteiger charge is 2.06. The summed E-state index contributed by atoms with van der Waals surface area (Å²) in [4.78, 5) is 2.52. The predicted molar refractivity (Wildman–Crippen MR) is 64.5 cm³/mol. The molecule has 0 aliphatic carbocycles. The highest BCUT2D eigenvalue weighted by molar-refractivity contribution is 4.62. The lowest BCUT2D eigenvalue weighted by Crippen LogP contribution is -2.32. The topological polar surface area (TPSA) is 29.3 Å². The first kappa shape index (κ1) is 13.9. The van der Waals surface area contributed by atoms with Gasteiger partial charge in [0.2, 0.25) is 0 Å². The Morgan fingerprint density at radius 3 is 2.36 bits per heavy atom. The second-order valence-electron chi connectivity index (χ2n) is 4.29. The molecule has 14 heavy (non-hydrogen) atoms. The van der Waals surface area contributed by atoms with Crippen LogP contribution in [0.2, 0.25) is 0 Å². The minimum Gasteiger partial charge on any atom is -0.330 e. The molecule has 0 aromatic carbocycles. The van der Waals surface area contributed by atoms with E-state index in [9.17, 15) is 0 Å². The number of rotatable bonds is 9. The van der Waals surface area contributed by atoms with Crippen molar-refractivity contribution in [1.29, 1.82) is 0 Å². The van der Waals surface area contributed by atoms with Gasteiger partial charge in [0.15, 0.2) is 0 Å². The van der Waals surface area contributed by atoms with Crippen LogP contribution < -0.4 is 5.73 Å². The van der Waals surface area contributed by atoms with Gasteiger partial charge in [0, 0.05) is 6.54 Å². The van der Waals surface area contributed by atoms with Crippen molar-refractivity contribution >= 4 is 0 Å². The quantitative estimate of drug-likeness (QED) is 0.579.